The lowest BCUT2D eigenvalue weighted by atomic mass is 9.74. The summed E-state index contributed by atoms with van der Waals surface area (Å²) >= 11 is 1.46. The molecule has 3 rings (SSSR count). The van der Waals surface area contributed by atoms with Gasteiger partial charge in [0.1, 0.15) is 16.9 Å². The molecule has 1 N–H and O–H groups in total. The molecule has 0 radical (unpaired) electrons. The number of hydrogen-bond acceptors (Lipinski definition) is 6. The Kier molecular flexibility index (Phi) is 9.87. The van der Waals surface area contributed by atoms with Gasteiger partial charge in [-0.15, -0.1) is 23.7 Å². The molecule has 0 spiro atoms. The van der Waals surface area contributed by atoms with Gasteiger partial charge in [0.15, 0.2) is 0 Å². The molecule has 2 heterocycles. The van der Waals surface area contributed by atoms with Gasteiger partial charge in [0.05, 0.1) is 16.8 Å². The van der Waals surface area contributed by atoms with E-state index in [9.17, 15) is 14.7 Å². The molecule has 0 bridgehead atoms. The van der Waals surface area contributed by atoms with E-state index in [2.05, 4.69) is 30.8 Å². The lowest BCUT2D eigenvalue weighted by Gasteiger charge is -2.29. The summed E-state index contributed by atoms with van der Waals surface area (Å²) in [4.78, 5) is 30.9. The maximum Gasteiger partial charge on any atom is 0.306 e. The summed E-state index contributed by atoms with van der Waals surface area (Å²) in [6, 6.07) is 5.89. The molecule has 1 aromatic heterocycles. The maximum absolute atomic E-state index is 13.4. The van der Waals surface area contributed by atoms with Crippen molar-refractivity contribution in [2.24, 2.45) is 17.3 Å². The van der Waals surface area contributed by atoms with E-state index in [1.54, 1.807) is 0 Å². The van der Waals surface area contributed by atoms with Gasteiger partial charge in [0.25, 0.3) is 0 Å². The van der Waals surface area contributed by atoms with Crippen LogP contribution in [0.5, 0.6) is 0 Å². The van der Waals surface area contributed by atoms with E-state index in [1.165, 1.54) is 16.9 Å². The summed E-state index contributed by atoms with van der Waals surface area (Å²) in [5.41, 5.74) is 2.30. The number of allylic oxidation sites excluding steroid dienone is 1. The van der Waals surface area contributed by atoms with Gasteiger partial charge in [0, 0.05) is 30.6 Å². The van der Waals surface area contributed by atoms with E-state index >= 15 is 0 Å². The number of cyclic esters (lactones) is 1. The minimum atomic E-state index is -0.649. The van der Waals surface area contributed by atoms with E-state index in [1.807, 2.05) is 32.0 Å². The second-order valence-corrected chi connectivity index (χ2v) is 12.0. The molecule has 3 atom stereocenters. The van der Waals surface area contributed by atoms with Crippen molar-refractivity contribution in [1.29, 1.82) is 0 Å². The molecule has 0 aliphatic carbocycles. The molecule has 3 unspecified atom stereocenters. The number of nitrogens with zero attached hydrogens (tertiary/aromatic N) is 1. The maximum atomic E-state index is 13.4. The zero-order chi connectivity index (χ0) is 26.3. The first-order valence-electron chi connectivity index (χ1n) is 13.0. The third-order valence-electron chi connectivity index (χ3n) is 7.23. The highest BCUT2D eigenvalue weighted by Gasteiger charge is 2.34. The Labute approximate surface area is 219 Å². The zero-order valence-corrected chi connectivity index (χ0v) is 22.8. The van der Waals surface area contributed by atoms with Gasteiger partial charge < -0.3 is 9.84 Å². The average molecular weight is 510 g/mol. The van der Waals surface area contributed by atoms with Gasteiger partial charge >= 0.3 is 5.97 Å². The molecule has 6 heteroatoms. The second kappa shape index (κ2) is 12.7. The van der Waals surface area contributed by atoms with Crippen molar-refractivity contribution in [1.82, 2.24) is 4.98 Å². The molecule has 1 aliphatic heterocycles. The number of hydrogen-bond donors (Lipinski definition) is 1. The number of Topliss-reactive ketones (excluding diaryl/α,β-unsaturated/α-hetero) is 1. The van der Waals surface area contributed by atoms with E-state index in [4.69, 9.17) is 11.2 Å². The molecular weight excluding hydrogens is 470 g/mol. The van der Waals surface area contributed by atoms with Crippen molar-refractivity contribution in [3.05, 3.63) is 40.4 Å². The van der Waals surface area contributed by atoms with Crippen molar-refractivity contribution in [2.45, 2.75) is 91.8 Å². The van der Waals surface area contributed by atoms with Crippen LogP contribution in [0.4, 0.5) is 0 Å². The predicted molar refractivity (Wildman–Crippen MR) is 145 cm³/mol. The normalized spacial score (nSPS) is 26.1. The molecule has 0 saturated carbocycles. The molecule has 0 fully saturated rings. The number of ether oxygens (including phenoxy) is 1. The monoisotopic (exact) mass is 509 g/mol. The Morgan fingerprint density at radius 2 is 2.06 bits per heavy atom. The molecule has 1 aromatic carbocycles. The van der Waals surface area contributed by atoms with Gasteiger partial charge in [-0.3, -0.25) is 9.59 Å². The third-order valence-corrected chi connectivity index (χ3v) is 8.25. The Hall–Kier alpha value is -2.49. The SMILES string of the molecule is C#CCC1CC(C)CCC/C(C)=C/CC(c2ccc3sc(CO)nc3c2)OC(=O)CCC(C)(C)C1=O. The van der Waals surface area contributed by atoms with Crippen LogP contribution in [0.2, 0.25) is 0 Å². The zero-order valence-electron chi connectivity index (χ0n) is 22.0. The fourth-order valence-corrected chi connectivity index (χ4v) is 5.80. The lowest BCUT2D eigenvalue weighted by Crippen LogP contribution is -2.32. The van der Waals surface area contributed by atoms with Crippen molar-refractivity contribution in [3.63, 3.8) is 0 Å². The minimum Gasteiger partial charge on any atom is -0.457 e. The number of esters is 1. The number of terminal acetylenes is 1. The summed E-state index contributed by atoms with van der Waals surface area (Å²) in [6.45, 7) is 8.06. The van der Waals surface area contributed by atoms with Crippen LogP contribution in [0.25, 0.3) is 10.2 Å². The second-order valence-electron chi connectivity index (χ2n) is 10.8. The van der Waals surface area contributed by atoms with Crippen LogP contribution in [-0.2, 0) is 20.9 Å². The largest absolute Gasteiger partial charge is 0.457 e. The number of fused-ring (bicyclic) bond motifs is 1. The fraction of sp³-hybridized carbons (Fsp3) is 0.567. The quantitative estimate of drug-likeness (QED) is 0.276. The number of aromatic nitrogens is 1. The Morgan fingerprint density at radius 1 is 1.28 bits per heavy atom. The molecule has 5 nitrogen and oxygen atoms in total. The van der Waals surface area contributed by atoms with Crippen LogP contribution in [-0.4, -0.2) is 21.8 Å². The summed E-state index contributed by atoms with van der Waals surface area (Å²) in [6.07, 6.45) is 12.8. The van der Waals surface area contributed by atoms with Crippen LogP contribution in [0.1, 0.15) is 95.7 Å². The highest BCUT2D eigenvalue weighted by atomic mass is 32.1. The summed E-state index contributed by atoms with van der Waals surface area (Å²) in [5.74, 6) is 2.77. The van der Waals surface area contributed by atoms with Gasteiger partial charge in [-0.1, -0.05) is 44.9 Å². The standard InChI is InChI=1S/C30H39NO4S/c1-6-8-23-17-21(3)10-7-9-20(2)11-13-25(35-28(33)15-16-30(4,5)29(23)34)22-12-14-26-24(18-22)31-27(19-32)36-26/h1,11-12,14,18,21,23,25,32H,7-10,13,15-17,19H2,2-5H3/b20-11+. The summed E-state index contributed by atoms with van der Waals surface area (Å²) in [7, 11) is 0. The average Bonchev–Trinajstić information content (AvgIpc) is 3.26. The minimum absolute atomic E-state index is 0.0929. The number of benzene rings is 1. The fourth-order valence-electron chi connectivity index (χ4n) is 4.99. The Morgan fingerprint density at radius 3 is 2.78 bits per heavy atom. The van der Waals surface area contributed by atoms with Crippen molar-refractivity contribution in [3.8, 4) is 12.3 Å². The first-order chi connectivity index (χ1) is 17.1. The first kappa shape index (κ1) is 28.1. The van der Waals surface area contributed by atoms with Crippen LogP contribution in [0, 0.1) is 29.6 Å². The van der Waals surface area contributed by atoms with Gasteiger partial charge in [-0.2, -0.15) is 0 Å². The predicted octanol–water partition coefficient (Wildman–Crippen LogP) is 6.93. The Balaban J connectivity index is 1.86. The number of thiazole rings is 1. The molecule has 2 aromatic rings. The smallest absolute Gasteiger partial charge is 0.306 e. The molecule has 1 aliphatic rings. The first-order valence-corrected chi connectivity index (χ1v) is 13.8. The topological polar surface area (TPSA) is 76.5 Å². The molecular formula is C30H39NO4S. The van der Waals surface area contributed by atoms with E-state index in [0.29, 0.717) is 30.2 Å². The molecule has 0 saturated heterocycles. The van der Waals surface area contributed by atoms with E-state index < -0.39 is 11.5 Å². The number of aliphatic hydroxyl groups is 1. The third kappa shape index (κ3) is 7.51. The van der Waals surface area contributed by atoms with Crippen LogP contribution >= 0.6 is 11.3 Å². The molecule has 0 amide bonds. The summed E-state index contributed by atoms with van der Waals surface area (Å²) in [5, 5.41) is 10.1. The highest BCUT2D eigenvalue weighted by molar-refractivity contribution is 7.18. The van der Waals surface area contributed by atoms with E-state index in [-0.39, 0.29) is 30.7 Å². The molecule has 36 heavy (non-hydrogen) atoms. The van der Waals surface area contributed by atoms with Gasteiger partial charge in [-0.25, -0.2) is 4.98 Å². The Bertz CT molecular complexity index is 1140. The van der Waals surface area contributed by atoms with Crippen LogP contribution in [0.3, 0.4) is 0 Å². The number of carbonyl (C=O) groups is 2. The van der Waals surface area contributed by atoms with Crippen LogP contribution in [0.15, 0.2) is 29.8 Å². The number of ketones is 1. The van der Waals surface area contributed by atoms with Gasteiger partial charge in [0.2, 0.25) is 0 Å². The number of rotatable bonds is 3. The number of aliphatic hydroxyl groups excluding tert-OH is 1. The molecule has 194 valence electrons. The van der Waals surface area contributed by atoms with E-state index in [0.717, 1.165) is 41.5 Å². The lowest BCUT2D eigenvalue weighted by molar-refractivity contribution is -0.150. The highest BCUT2D eigenvalue weighted by Crippen LogP contribution is 2.34. The summed E-state index contributed by atoms with van der Waals surface area (Å²) < 4.78 is 6.98. The van der Waals surface area contributed by atoms with Crippen LogP contribution < -0.4 is 0 Å². The number of carbonyl (C=O) groups excluding carboxylic acids is 2. The van der Waals surface area contributed by atoms with Crippen molar-refractivity contribution >= 4 is 33.3 Å². The van der Waals surface area contributed by atoms with Gasteiger partial charge in [-0.05, 0) is 56.2 Å². The van der Waals surface area contributed by atoms with Crippen molar-refractivity contribution in [2.75, 3.05) is 0 Å². The van der Waals surface area contributed by atoms with Crippen molar-refractivity contribution < 1.29 is 19.4 Å².